The molecule has 0 saturated heterocycles. The van der Waals surface area contributed by atoms with Gasteiger partial charge >= 0.3 is 6.18 Å². The van der Waals surface area contributed by atoms with Crippen LogP contribution in [-0.2, 0) is 6.42 Å². The summed E-state index contributed by atoms with van der Waals surface area (Å²) in [6.07, 6.45) is -4.20. The molecule has 0 unspecified atom stereocenters. The standard InChI is InChI=1S/C13H16F3N3/c1-9(2)19(8-13(14,15)16)11-3-4-12(18)10(7-11)5-6-17/h3-4,7,9H,5,8,18H2,1-2H3. The number of hydrogen-bond acceptors (Lipinski definition) is 3. The van der Waals surface area contributed by atoms with Crippen LogP contribution in [-0.4, -0.2) is 18.8 Å². The minimum absolute atomic E-state index is 0.0810. The summed E-state index contributed by atoms with van der Waals surface area (Å²) in [7, 11) is 0. The van der Waals surface area contributed by atoms with Crippen LogP contribution in [0.15, 0.2) is 18.2 Å². The van der Waals surface area contributed by atoms with E-state index in [0.29, 0.717) is 16.9 Å². The van der Waals surface area contributed by atoms with Crippen molar-refractivity contribution in [2.45, 2.75) is 32.5 Å². The van der Waals surface area contributed by atoms with E-state index in [4.69, 9.17) is 11.0 Å². The quantitative estimate of drug-likeness (QED) is 0.856. The van der Waals surface area contributed by atoms with Gasteiger partial charge in [-0.15, -0.1) is 0 Å². The van der Waals surface area contributed by atoms with Gasteiger partial charge in [-0.25, -0.2) is 0 Å². The van der Waals surface area contributed by atoms with Crippen molar-refractivity contribution in [3.63, 3.8) is 0 Å². The van der Waals surface area contributed by atoms with Crippen molar-refractivity contribution in [1.82, 2.24) is 0 Å². The molecule has 0 radical (unpaired) electrons. The Morgan fingerprint density at radius 3 is 2.47 bits per heavy atom. The zero-order chi connectivity index (χ0) is 14.6. The molecule has 0 aliphatic rings. The van der Waals surface area contributed by atoms with Crippen LogP contribution in [0.2, 0.25) is 0 Å². The van der Waals surface area contributed by atoms with E-state index in [0.717, 1.165) is 0 Å². The maximum atomic E-state index is 12.6. The molecule has 19 heavy (non-hydrogen) atoms. The summed E-state index contributed by atoms with van der Waals surface area (Å²) >= 11 is 0. The van der Waals surface area contributed by atoms with Crippen LogP contribution < -0.4 is 10.6 Å². The van der Waals surface area contributed by atoms with Crippen LogP contribution in [0.1, 0.15) is 19.4 Å². The largest absolute Gasteiger partial charge is 0.405 e. The molecule has 0 aliphatic carbocycles. The van der Waals surface area contributed by atoms with E-state index in [2.05, 4.69) is 0 Å². The van der Waals surface area contributed by atoms with Gasteiger partial charge in [-0.1, -0.05) is 0 Å². The van der Waals surface area contributed by atoms with Crippen molar-refractivity contribution in [1.29, 1.82) is 5.26 Å². The van der Waals surface area contributed by atoms with E-state index in [-0.39, 0.29) is 12.5 Å². The zero-order valence-corrected chi connectivity index (χ0v) is 10.8. The van der Waals surface area contributed by atoms with Gasteiger partial charge in [0.25, 0.3) is 0 Å². The van der Waals surface area contributed by atoms with Crippen LogP contribution in [0, 0.1) is 11.3 Å². The summed E-state index contributed by atoms with van der Waals surface area (Å²) in [6.45, 7) is 2.35. The molecule has 0 saturated carbocycles. The second-order valence-corrected chi connectivity index (χ2v) is 4.55. The summed E-state index contributed by atoms with van der Waals surface area (Å²) in [6, 6.07) is 6.27. The molecule has 6 heteroatoms. The van der Waals surface area contributed by atoms with Gasteiger partial charge in [-0.05, 0) is 37.6 Å². The molecule has 0 spiro atoms. The number of nitrogens with two attached hydrogens (primary N) is 1. The molecule has 1 rings (SSSR count). The van der Waals surface area contributed by atoms with E-state index in [9.17, 15) is 13.2 Å². The first-order valence-electron chi connectivity index (χ1n) is 5.83. The second kappa shape index (κ2) is 5.83. The summed E-state index contributed by atoms with van der Waals surface area (Å²) in [5.41, 5.74) is 7.08. The number of benzene rings is 1. The third-order valence-corrected chi connectivity index (χ3v) is 2.70. The molecule has 0 fully saturated rings. The summed E-state index contributed by atoms with van der Waals surface area (Å²) in [5, 5.41) is 8.67. The van der Waals surface area contributed by atoms with Crippen molar-refractivity contribution in [3.8, 4) is 6.07 Å². The van der Waals surface area contributed by atoms with Gasteiger partial charge in [0, 0.05) is 17.4 Å². The van der Waals surface area contributed by atoms with Gasteiger partial charge < -0.3 is 10.6 Å². The highest BCUT2D eigenvalue weighted by molar-refractivity contribution is 5.59. The summed E-state index contributed by atoms with van der Waals surface area (Å²) in [4.78, 5) is 1.24. The predicted molar refractivity (Wildman–Crippen MR) is 68.7 cm³/mol. The van der Waals surface area contributed by atoms with Crippen molar-refractivity contribution in [3.05, 3.63) is 23.8 Å². The SMILES string of the molecule is CC(C)N(CC(F)(F)F)c1ccc(N)c(CC#N)c1. The maximum absolute atomic E-state index is 12.6. The van der Waals surface area contributed by atoms with Gasteiger partial charge in [-0.2, -0.15) is 18.4 Å². The normalized spacial score (nSPS) is 11.4. The highest BCUT2D eigenvalue weighted by Crippen LogP contribution is 2.27. The Labute approximate surface area is 110 Å². The minimum Gasteiger partial charge on any atom is -0.398 e. The Morgan fingerprint density at radius 2 is 2.00 bits per heavy atom. The molecular weight excluding hydrogens is 255 g/mol. The third kappa shape index (κ3) is 4.36. The number of hydrogen-bond donors (Lipinski definition) is 1. The Balaban J connectivity index is 3.10. The lowest BCUT2D eigenvalue weighted by Crippen LogP contribution is -2.39. The molecule has 0 heterocycles. The van der Waals surface area contributed by atoms with E-state index in [1.165, 1.54) is 11.0 Å². The van der Waals surface area contributed by atoms with Crippen LogP contribution in [0.3, 0.4) is 0 Å². The van der Waals surface area contributed by atoms with Crippen molar-refractivity contribution in [2.24, 2.45) is 0 Å². The molecule has 0 aromatic heterocycles. The lowest BCUT2D eigenvalue weighted by Gasteiger charge is -2.30. The first-order chi connectivity index (χ1) is 8.74. The molecule has 0 atom stereocenters. The van der Waals surface area contributed by atoms with Gasteiger partial charge in [0.15, 0.2) is 0 Å². The minimum atomic E-state index is -4.28. The van der Waals surface area contributed by atoms with Crippen molar-refractivity contribution in [2.75, 3.05) is 17.2 Å². The molecule has 1 aromatic rings. The van der Waals surface area contributed by atoms with Gasteiger partial charge in [0.2, 0.25) is 0 Å². The number of halogens is 3. The van der Waals surface area contributed by atoms with E-state index in [1.54, 1.807) is 26.0 Å². The number of nitrogen functional groups attached to an aromatic ring is 1. The first-order valence-corrected chi connectivity index (χ1v) is 5.83. The predicted octanol–water partition coefficient (Wildman–Crippen LogP) is 3.11. The monoisotopic (exact) mass is 271 g/mol. The number of nitriles is 1. The fraction of sp³-hybridized carbons (Fsp3) is 0.462. The van der Waals surface area contributed by atoms with Gasteiger partial charge in [0.1, 0.15) is 6.54 Å². The average molecular weight is 271 g/mol. The van der Waals surface area contributed by atoms with E-state index in [1.807, 2.05) is 6.07 Å². The Bertz CT molecular complexity index is 475. The van der Waals surface area contributed by atoms with Crippen LogP contribution in [0.25, 0.3) is 0 Å². The number of rotatable bonds is 4. The van der Waals surface area contributed by atoms with Gasteiger partial charge in [-0.3, -0.25) is 0 Å². The molecule has 2 N–H and O–H groups in total. The Morgan fingerprint density at radius 1 is 1.37 bits per heavy atom. The lowest BCUT2D eigenvalue weighted by atomic mass is 10.1. The molecular formula is C13H16F3N3. The van der Waals surface area contributed by atoms with Gasteiger partial charge in [0.05, 0.1) is 12.5 Å². The number of anilines is 2. The van der Waals surface area contributed by atoms with Crippen LogP contribution >= 0.6 is 0 Å². The van der Waals surface area contributed by atoms with E-state index >= 15 is 0 Å². The number of nitrogens with zero attached hydrogens (tertiary/aromatic N) is 2. The summed E-state index contributed by atoms with van der Waals surface area (Å²) < 4.78 is 37.7. The fourth-order valence-corrected chi connectivity index (χ4v) is 1.77. The van der Waals surface area contributed by atoms with Crippen molar-refractivity contribution < 1.29 is 13.2 Å². The average Bonchev–Trinajstić information content (AvgIpc) is 2.28. The molecule has 0 bridgehead atoms. The lowest BCUT2D eigenvalue weighted by molar-refractivity contribution is -0.120. The van der Waals surface area contributed by atoms with E-state index < -0.39 is 12.7 Å². The smallest absolute Gasteiger partial charge is 0.398 e. The molecule has 1 aromatic carbocycles. The zero-order valence-electron chi connectivity index (χ0n) is 10.8. The van der Waals surface area contributed by atoms with Crippen molar-refractivity contribution >= 4 is 11.4 Å². The number of alkyl halides is 3. The highest BCUT2D eigenvalue weighted by atomic mass is 19.4. The molecule has 104 valence electrons. The maximum Gasteiger partial charge on any atom is 0.405 e. The topological polar surface area (TPSA) is 53.0 Å². The fourth-order valence-electron chi connectivity index (χ4n) is 1.77. The Hall–Kier alpha value is -1.90. The van der Waals surface area contributed by atoms with Crippen LogP contribution in [0.4, 0.5) is 24.5 Å². The molecule has 3 nitrogen and oxygen atoms in total. The van der Waals surface area contributed by atoms with Crippen LogP contribution in [0.5, 0.6) is 0 Å². The third-order valence-electron chi connectivity index (χ3n) is 2.70. The second-order valence-electron chi connectivity index (χ2n) is 4.55. The highest BCUT2D eigenvalue weighted by Gasteiger charge is 2.32. The Kier molecular flexibility index (Phi) is 4.65. The summed E-state index contributed by atoms with van der Waals surface area (Å²) in [5.74, 6) is 0. The first kappa shape index (κ1) is 15.2. The molecule has 0 aliphatic heterocycles. The molecule has 0 amide bonds.